The lowest BCUT2D eigenvalue weighted by Gasteiger charge is -2.37. The minimum atomic E-state index is -0.689. The van der Waals surface area contributed by atoms with Gasteiger partial charge in [-0.3, -0.25) is 4.79 Å². The first-order valence-electron chi connectivity index (χ1n) is 7.88. The molecule has 0 radical (unpaired) electrons. The van der Waals surface area contributed by atoms with Crippen LogP contribution in [0.25, 0.3) is 0 Å². The van der Waals surface area contributed by atoms with E-state index < -0.39 is 5.97 Å². The number of aryl methyl sites for hydroxylation is 2. The van der Waals surface area contributed by atoms with Crippen molar-refractivity contribution in [3.63, 3.8) is 0 Å². The lowest BCUT2D eigenvalue weighted by Crippen LogP contribution is -2.43. The number of carboxylic acid groups (broad SMARTS) is 1. The van der Waals surface area contributed by atoms with E-state index in [1.165, 1.54) is 24.1 Å². The maximum Gasteiger partial charge on any atom is 0.308 e. The van der Waals surface area contributed by atoms with Gasteiger partial charge in [0.1, 0.15) is 11.6 Å². The molecule has 3 rings (SSSR count). The van der Waals surface area contributed by atoms with Crippen molar-refractivity contribution >= 4 is 11.8 Å². The van der Waals surface area contributed by atoms with Gasteiger partial charge >= 0.3 is 5.97 Å². The number of rotatable bonds is 2. The summed E-state index contributed by atoms with van der Waals surface area (Å²) in [5.41, 5.74) is 2.43. The van der Waals surface area contributed by atoms with Crippen LogP contribution >= 0.6 is 0 Å². The molecule has 0 amide bonds. The van der Waals surface area contributed by atoms with E-state index in [1.54, 1.807) is 0 Å². The minimum Gasteiger partial charge on any atom is -0.481 e. The zero-order valence-electron chi connectivity index (χ0n) is 12.8. The Labute approximate surface area is 125 Å². The molecule has 114 valence electrons. The summed E-state index contributed by atoms with van der Waals surface area (Å²) in [7, 11) is 0. The Bertz CT molecular complexity index is 559. The summed E-state index contributed by atoms with van der Waals surface area (Å²) < 4.78 is 0. The molecule has 1 saturated heterocycles. The average molecular weight is 289 g/mol. The van der Waals surface area contributed by atoms with E-state index in [0.29, 0.717) is 12.5 Å². The molecule has 5 heteroatoms. The summed E-state index contributed by atoms with van der Waals surface area (Å²) in [6, 6.07) is 0. The molecule has 2 heterocycles. The fourth-order valence-electron chi connectivity index (χ4n) is 3.66. The SMILES string of the molecule is Cc1nc2c(c(N3C[C@@H](C)C[C@H](C(=O)O)C3)n1)CCCC2. The van der Waals surface area contributed by atoms with Crippen LogP contribution in [0, 0.1) is 18.8 Å². The molecule has 2 atom stereocenters. The number of aromatic nitrogens is 2. The summed E-state index contributed by atoms with van der Waals surface area (Å²) in [6.45, 7) is 5.53. The predicted octanol–water partition coefficient (Wildman–Crippen LogP) is 2.21. The van der Waals surface area contributed by atoms with E-state index in [2.05, 4.69) is 21.8 Å². The van der Waals surface area contributed by atoms with Gasteiger partial charge in [-0.05, 0) is 44.9 Å². The van der Waals surface area contributed by atoms with E-state index >= 15 is 0 Å². The highest BCUT2D eigenvalue weighted by Crippen LogP contribution is 2.32. The van der Waals surface area contributed by atoms with Gasteiger partial charge in [-0.1, -0.05) is 6.92 Å². The molecule has 0 spiro atoms. The Morgan fingerprint density at radius 1 is 1.24 bits per heavy atom. The minimum absolute atomic E-state index is 0.289. The summed E-state index contributed by atoms with van der Waals surface area (Å²) in [4.78, 5) is 22.8. The Hall–Kier alpha value is -1.65. The molecule has 2 aliphatic rings. The average Bonchev–Trinajstić information content (AvgIpc) is 2.45. The highest BCUT2D eigenvalue weighted by Gasteiger charge is 2.32. The van der Waals surface area contributed by atoms with E-state index in [1.807, 2.05) is 6.92 Å². The standard InChI is InChI=1S/C16H23N3O2/c1-10-7-12(16(20)21)9-19(8-10)15-13-5-3-4-6-14(13)17-11(2)18-15/h10,12H,3-9H2,1-2H3,(H,20,21)/t10-,12-/m0/s1. The Balaban J connectivity index is 1.95. The van der Waals surface area contributed by atoms with Gasteiger partial charge in [0.25, 0.3) is 0 Å². The second-order valence-corrected chi connectivity index (χ2v) is 6.51. The summed E-state index contributed by atoms with van der Waals surface area (Å²) in [5.74, 6) is 1.20. The Kier molecular flexibility index (Phi) is 3.83. The zero-order valence-corrected chi connectivity index (χ0v) is 12.8. The van der Waals surface area contributed by atoms with Crippen LogP contribution in [0.3, 0.4) is 0 Å². The van der Waals surface area contributed by atoms with Crippen molar-refractivity contribution in [1.82, 2.24) is 9.97 Å². The molecule has 21 heavy (non-hydrogen) atoms. The van der Waals surface area contributed by atoms with Crippen LogP contribution < -0.4 is 4.90 Å². The molecule has 1 aliphatic carbocycles. The number of anilines is 1. The number of aliphatic carboxylic acids is 1. The monoisotopic (exact) mass is 289 g/mol. The molecule has 1 fully saturated rings. The van der Waals surface area contributed by atoms with Crippen molar-refractivity contribution in [3.05, 3.63) is 17.1 Å². The maximum absolute atomic E-state index is 11.4. The van der Waals surface area contributed by atoms with Crippen LogP contribution in [0.1, 0.15) is 43.3 Å². The quantitative estimate of drug-likeness (QED) is 0.904. The van der Waals surface area contributed by atoms with Gasteiger partial charge in [0.2, 0.25) is 0 Å². The van der Waals surface area contributed by atoms with Crippen LogP contribution in [0.5, 0.6) is 0 Å². The second-order valence-electron chi connectivity index (χ2n) is 6.51. The molecule has 0 aromatic carbocycles. The van der Waals surface area contributed by atoms with Crippen LogP contribution in [0.2, 0.25) is 0 Å². The van der Waals surface area contributed by atoms with E-state index in [9.17, 15) is 9.90 Å². The van der Waals surface area contributed by atoms with Gasteiger partial charge in [0.15, 0.2) is 0 Å². The number of piperidine rings is 1. The maximum atomic E-state index is 11.4. The van der Waals surface area contributed by atoms with Gasteiger partial charge in [-0.2, -0.15) is 0 Å². The van der Waals surface area contributed by atoms with Gasteiger partial charge < -0.3 is 10.0 Å². The van der Waals surface area contributed by atoms with Crippen molar-refractivity contribution in [2.45, 2.75) is 46.0 Å². The van der Waals surface area contributed by atoms with Crippen LogP contribution in [-0.2, 0) is 17.6 Å². The van der Waals surface area contributed by atoms with E-state index in [4.69, 9.17) is 0 Å². The number of hydrogen-bond acceptors (Lipinski definition) is 4. The lowest BCUT2D eigenvalue weighted by molar-refractivity contribution is -0.142. The number of carbonyl (C=O) groups is 1. The number of carboxylic acids is 1. The number of hydrogen-bond donors (Lipinski definition) is 1. The fourth-order valence-corrected chi connectivity index (χ4v) is 3.66. The van der Waals surface area contributed by atoms with Gasteiger partial charge in [-0.25, -0.2) is 9.97 Å². The summed E-state index contributed by atoms with van der Waals surface area (Å²) in [5, 5.41) is 9.35. The second kappa shape index (κ2) is 5.62. The van der Waals surface area contributed by atoms with E-state index in [-0.39, 0.29) is 5.92 Å². The lowest BCUT2D eigenvalue weighted by atomic mass is 9.89. The van der Waals surface area contributed by atoms with Crippen LogP contribution in [0.15, 0.2) is 0 Å². The normalized spacial score (nSPS) is 25.5. The highest BCUT2D eigenvalue weighted by atomic mass is 16.4. The molecule has 0 saturated carbocycles. The first kappa shape index (κ1) is 14.3. The molecular formula is C16H23N3O2. The zero-order chi connectivity index (χ0) is 15.0. The van der Waals surface area contributed by atoms with Crippen molar-refractivity contribution < 1.29 is 9.90 Å². The predicted molar refractivity (Wildman–Crippen MR) is 80.5 cm³/mol. The number of fused-ring (bicyclic) bond motifs is 1. The van der Waals surface area contributed by atoms with Crippen molar-refractivity contribution in [3.8, 4) is 0 Å². The molecule has 0 unspecified atom stereocenters. The number of nitrogens with zero attached hydrogens (tertiary/aromatic N) is 3. The Morgan fingerprint density at radius 3 is 2.76 bits per heavy atom. The first-order chi connectivity index (χ1) is 10.0. The molecule has 5 nitrogen and oxygen atoms in total. The molecular weight excluding hydrogens is 266 g/mol. The third-order valence-electron chi connectivity index (χ3n) is 4.58. The largest absolute Gasteiger partial charge is 0.481 e. The van der Waals surface area contributed by atoms with Crippen LogP contribution in [0.4, 0.5) is 5.82 Å². The smallest absolute Gasteiger partial charge is 0.308 e. The van der Waals surface area contributed by atoms with Gasteiger partial charge in [-0.15, -0.1) is 0 Å². The van der Waals surface area contributed by atoms with E-state index in [0.717, 1.165) is 37.4 Å². The summed E-state index contributed by atoms with van der Waals surface area (Å²) >= 11 is 0. The summed E-state index contributed by atoms with van der Waals surface area (Å²) in [6.07, 6.45) is 5.18. The van der Waals surface area contributed by atoms with Crippen molar-refractivity contribution in [1.29, 1.82) is 0 Å². The topological polar surface area (TPSA) is 66.3 Å². The highest BCUT2D eigenvalue weighted by molar-refractivity contribution is 5.71. The van der Waals surface area contributed by atoms with Gasteiger partial charge in [0.05, 0.1) is 5.92 Å². The molecule has 1 aliphatic heterocycles. The third-order valence-corrected chi connectivity index (χ3v) is 4.58. The fraction of sp³-hybridized carbons (Fsp3) is 0.688. The molecule has 1 N–H and O–H groups in total. The van der Waals surface area contributed by atoms with Crippen molar-refractivity contribution in [2.24, 2.45) is 11.8 Å². The van der Waals surface area contributed by atoms with Crippen molar-refractivity contribution in [2.75, 3.05) is 18.0 Å². The van der Waals surface area contributed by atoms with Crippen LogP contribution in [-0.4, -0.2) is 34.1 Å². The van der Waals surface area contributed by atoms with Gasteiger partial charge in [0, 0.05) is 24.3 Å². The Morgan fingerprint density at radius 2 is 2.00 bits per heavy atom. The molecule has 1 aromatic rings. The molecule has 1 aromatic heterocycles. The third kappa shape index (κ3) is 2.87. The molecule has 0 bridgehead atoms. The first-order valence-corrected chi connectivity index (χ1v) is 7.88.